The molecule has 0 aromatic heterocycles. The molecular weight excluding hydrogens is 146 g/mol. The molecule has 3 fully saturated rings. The van der Waals surface area contributed by atoms with E-state index in [2.05, 4.69) is 12.2 Å². The quantitative estimate of drug-likeness (QED) is 0.662. The van der Waals surface area contributed by atoms with Crippen LogP contribution in [0.2, 0.25) is 0 Å². The highest BCUT2D eigenvalue weighted by Crippen LogP contribution is 2.47. The molecule has 68 valence electrons. The summed E-state index contributed by atoms with van der Waals surface area (Å²) >= 11 is 0. The molecule has 2 bridgehead atoms. The fourth-order valence-corrected chi connectivity index (χ4v) is 3.20. The lowest BCUT2D eigenvalue weighted by Gasteiger charge is -2.26. The van der Waals surface area contributed by atoms with E-state index in [1.165, 1.54) is 38.5 Å². The van der Waals surface area contributed by atoms with Crippen molar-refractivity contribution < 1.29 is 0 Å². The average molecular weight is 165 g/mol. The smallest absolute Gasteiger partial charge is 0.0157 e. The van der Waals surface area contributed by atoms with E-state index in [0.29, 0.717) is 5.54 Å². The van der Waals surface area contributed by atoms with E-state index in [1.807, 2.05) is 0 Å². The second-order valence-corrected chi connectivity index (χ2v) is 5.49. The van der Waals surface area contributed by atoms with E-state index in [4.69, 9.17) is 0 Å². The van der Waals surface area contributed by atoms with Gasteiger partial charge in [0.25, 0.3) is 0 Å². The third kappa shape index (κ3) is 1.10. The van der Waals surface area contributed by atoms with Crippen LogP contribution in [-0.2, 0) is 0 Å². The van der Waals surface area contributed by atoms with Crippen LogP contribution in [0.3, 0.4) is 0 Å². The van der Waals surface area contributed by atoms with Crippen LogP contribution >= 0.6 is 0 Å². The van der Waals surface area contributed by atoms with Gasteiger partial charge in [0.05, 0.1) is 0 Å². The summed E-state index contributed by atoms with van der Waals surface area (Å²) in [4.78, 5) is 0. The molecular formula is C11H19N. The van der Waals surface area contributed by atoms with Gasteiger partial charge in [0, 0.05) is 11.6 Å². The van der Waals surface area contributed by atoms with E-state index in [-0.39, 0.29) is 0 Å². The van der Waals surface area contributed by atoms with Crippen molar-refractivity contribution in [3.63, 3.8) is 0 Å². The Balaban J connectivity index is 1.64. The van der Waals surface area contributed by atoms with Crippen LogP contribution in [-0.4, -0.2) is 11.6 Å². The maximum Gasteiger partial charge on any atom is 0.0157 e. The van der Waals surface area contributed by atoms with Gasteiger partial charge in [0.2, 0.25) is 0 Å². The Kier molecular flexibility index (Phi) is 1.39. The summed E-state index contributed by atoms with van der Waals surface area (Å²) in [6.07, 6.45) is 8.90. The zero-order valence-corrected chi connectivity index (χ0v) is 7.97. The molecule has 1 heteroatoms. The minimum absolute atomic E-state index is 0.565. The summed E-state index contributed by atoms with van der Waals surface area (Å²) < 4.78 is 0. The zero-order valence-electron chi connectivity index (χ0n) is 7.97. The average Bonchev–Trinajstić information content (AvgIpc) is 2.48. The molecule has 0 aliphatic heterocycles. The maximum absolute atomic E-state index is 3.86. The first kappa shape index (κ1) is 7.37. The van der Waals surface area contributed by atoms with Crippen molar-refractivity contribution in [2.24, 2.45) is 11.8 Å². The van der Waals surface area contributed by atoms with Crippen LogP contribution < -0.4 is 5.32 Å². The van der Waals surface area contributed by atoms with Gasteiger partial charge in [-0.25, -0.2) is 0 Å². The summed E-state index contributed by atoms with van der Waals surface area (Å²) in [5.74, 6) is 2.14. The second-order valence-electron chi connectivity index (χ2n) is 5.49. The Labute approximate surface area is 74.9 Å². The van der Waals surface area contributed by atoms with E-state index < -0.39 is 0 Å². The summed E-state index contributed by atoms with van der Waals surface area (Å²) in [5, 5.41) is 3.86. The molecule has 1 nitrogen and oxygen atoms in total. The molecule has 0 amide bonds. The van der Waals surface area contributed by atoms with E-state index >= 15 is 0 Å². The number of rotatable bonds is 2. The highest BCUT2D eigenvalue weighted by molar-refractivity contribution is 5.04. The first-order valence-electron chi connectivity index (χ1n) is 5.53. The number of fused-ring (bicyclic) bond motifs is 2. The van der Waals surface area contributed by atoms with E-state index in [0.717, 1.165) is 17.9 Å². The van der Waals surface area contributed by atoms with Crippen molar-refractivity contribution in [1.29, 1.82) is 0 Å². The molecule has 0 saturated heterocycles. The van der Waals surface area contributed by atoms with Gasteiger partial charge >= 0.3 is 0 Å². The fraction of sp³-hybridized carbons (Fsp3) is 1.00. The standard InChI is InChI=1S/C11H19N/c1-11(4-5-11)12-10-7-8-2-3-9(10)6-8/h8-10,12H,2-7H2,1H3. The molecule has 0 aromatic rings. The van der Waals surface area contributed by atoms with Gasteiger partial charge in [0.1, 0.15) is 0 Å². The molecule has 3 aliphatic rings. The lowest BCUT2D eigenvalue weighted by Crippen LogP contribution is -2.41. The molecule has 3 aliphatic carbocycles. The van der Waals surface area contributed by atoms with Crippen LogP contribution in [0.5, 0.6) is 0 Å². The molecule has 0 heterocycles. The van der Waals surface area contributed by atoms with Crippen molar-refractivity contribution in [3.05, 3.63) is 0 Å². The highest BCUT2D eigenvalue weighted by Gasteiger charge is 2.45. The van der Waals surface area contributed by atoms with Crippen LogP contribution in [0, 0.1) is 11.8 Å². The van der Waals surface area contributed by atoms with Gasteiger partial charge < -0.3 is 5.32 Å². The summed E-state index contributed by atoms with van der Waals surface area (Å²) in [6.45, 7) is 2.39. The SMILES string of the molecule is CC1(NC2CC3CCC2C3)CC1. The van der Waals surface area contributed by atoms with Crippen molar-refractivity contribution in [3.8, 4) is 0 Å². The van der Waals surface area contributed by atoms with Crippen molar-refractivity contribution in [2.75, 3.05) is 0 Å². The molecule has 0 spiro atoms. The van der Waals surface area contributed by atoms with Crippen molar-refractivity contribution in [1.82, 2.24) is 5.32 Å². The van der Waals surface area contributed by atoms with E-state index in [1.54, 1.807) is 0 Å². The largest absolute Gasteiger partial charge is 0.308 e. The molecule has 3 unspecified atom stereocenters. The first-order valence-corrected chi connectivity index (χ1v) is 5.53. The third-order valence-corrected chi connectivity index (χ3v) is 4.27. The molecule has 3 saturated carbocycles. The summed E-state index contributed by atoms with van der Waals surface area (Å²) in [5.41, 5.74) is 0.565. The lowest BCUT2D eigenvalue weighted by molar-refractivity contribution is 0.317. The first-order chi connectivity index (χ1) is 5.75. The topological polar surface area (TPSA) is 12.0 Å². The van der Waals surface area contributed by atoms with Gasteiger partial charge in [-0.3, -0.25) is 0 Å². The van der Waals surface area contributed by atoms with Crippen LogP contribution in [0.15, 0.2) is 0 Å². The van der Waals surface area contributed by atoms with Gasteiger partial charge in [-0.05, 0) is 50.9 Å². The van der Waals surface area contributed by atoms with Crippen molar-refractivity contribution >= 4 is 0 Å². The lowest BCUT2D eigenvalue weighted by atomic mass is 9.94. The monoisotopic (exact) mass is 165 g/mol. The normalized spacial score (nSPS) is 48.2. The Hall–Kier alpha value is -0.0400. The van der Waals surface area contributed by atoms with Gasteiger partial charge in [-0.1, -0.05) is 6.42 Å². The maximum atomic E-state index is 3.86. The Morgan fingerprint density at radius 1 is 1.17 bits per heavy atom. The Morgan fingerprint density at radius 3 is 2.50 bits per heavy atom. The van der Waals surface area contributed by atoms with Crippen LogP contribution in [0.4, 0.5) is 0 Å². The number of nitrogens with one attached hydrogen (secondary N) is 1. The summed E-state index contributed by atoms with van der Waals surface area (Å²) in [6, 6.07) is 0.899. The Bertz CT molecular complexity index is 195. The van der Waals surface area contributed by atoms with Crippen LogP contribution in [0.1, 0.15) is 45.4 Å². The Morgan fingerprint density at radius 2 is 2.00 bits per heavy atom. The molecule has 3 rings (SSSR count). The predicted molar refractivity (Wildman–Crippen MR) is 50.0 cm³/mol. The van der Waals surface area contributed by atoms with Gasteiger partial charge in [-0.2, -0.15) is 0 Å². The molecule has 1 N–H and O–H groups in total. The summed E-state index contributed by atoms with van der Waals surface area (Å²) in [7, 11) is 0. The van der Waals surface area contributed by atoms with Gasteiger partial charge in [-0.15, -0.1) is 0 Å². The van der Waals surface area contributed by atoms with E-state index in [9.17, 15) is 0 Å². The molecule has 0 radical (unpaired) electrons. The fourth-order valence-electron chi connectivity index (χ4n) is 3.20. The minimum Gasteiger partial charge on any atom is -0.308 e. The number of hydrogen-bond acceptors (Lipinski definition) is 1. The third-order valence-electron chi connectivity index (χ3n) is 4.27. The zero-order chi connectivity index (χ0) is 8.18. The molecule has 3 atom stereocenters. The number of hydrogen-bond donors (Lipinski definition) is 1. The van der Waals surface area contributed by atoms with Crippen LogP contribution in [0.25, 0.3) is 0 Å². The van der Waals surface area contributed by atoms with Crippen molar-refractivity contribution in [2.45, 2.75) is 57.0 Å². The second kappa shape index (κ2) is 2.25. The molecule has 12 heavy (non-hydrogen) atoms. The predicted octanol–water partition coefficient (Wildman–Crippen LogP) is 2.32. The highest BCUT2D eigenvalue weighted by atomic mass is 15.1. The van der Waals surface area contributed by atoms with Gasteiger partial charge in [0.15, 0.2) is 0 Å². The molecule has 0 aromatic carbocycles. The minimum atomic E-state index is 0.565.